The van der Waals surface area contributed by atoms with E-state index in [1.54, 1.807) is 0 Å². The number of amides is 2. The first-order chi connectivity index (χ1) is 14.6. The van der Waals surface area contributed by atoms with Gasteiger partial charge in [-0.2, -0.15) is 0 Å². The molecule has 3 rings (SSSR count). The van der Waals surface area contributed by atoms with Crippen molar-refractivity contribution in [1.82, 2.24) is 0 Å². The molecule has 0 aromatic heterocycles. The third-order valence-corrected chi connectivity index (χ3v) is 5.14. The summed E-state index contributed by atoms with van der Waals surface area (Å²) < 4.78 is 5.40. The van der Waals surface area contributed by atoms with Crippen LogP contribution in [0.5, 0.6) is 5.75 Å². The van der Waals surface area contributed by atoms with E-state index >= 15 is 0 Å². The van der Waals surface area contributed by atoms with Gasteiger partial charge in [0.2, 0.25) is 11.8 Å². The van der Waals surface area contributed by atoms with Crippen molar-refractivity contribution in [2.45, 2.75) is 18.2 Å². The molecular weight excluding hydrogens is 396 g/mol. The van der Waals surface area contributed by atoms with Crippen LogP contribution < -0.4 is 15.4 Å². The molecule has 0 spiro atoms. The molecule has 0 radical (unpaired) electrons. The zero-order chi connectivity index (χ0) is 21.2. The highest BCUT2D eigenvalue weighted by atomic mass is 32.2. The minimum absolute atomic E-state index is 0.0726. The second-order valence-corrected chi connectivity index (χ2v) is 7.58. The fraction of sp³-hybridized carbons (Fsp3) is 0.167. The lowest BCUT2D eigenvalue weighted by molar-refractivity contribution is -0.115. The number of rotatable bonds is 9. The van der Waals surface area contributed by atoms with Crippen LogP contribution in [0.1, 0.15) is 12.5 Å². The topological polar surface area (TPSA) is 67.4 Å². The highest BCUT2D eigenvalue weighted by Gasteiger charge is 2.07. The molecule has 2 amide bonds. The lowest BCUT2D eigenvalue weighted by Gasteiger charge is -2.09. The van der Waals surface area contributed by atoms with Crippen molar-refractivity contribution >= 4 is 35.0 Å². The predicted molar refractivity (Wildman–Crippen MR) is 122 cm³/mol. The van der Waals surface area contributed by atoms with E-state index in [4.69, 9.17) is 4.74 Å². The summed E-state index contributed by atoms with van der Waals surface area (Å²) in [4.78, 5) is 25.4. The van der Waals surface area contributed by atoms with Gasteiger partial charge in [-0.3, -0.25) is 9.59 Å². The molecule has 0 bridgehead atoms. The van der Waals surface area contributed by atoms with E-state index in [0.29, 0.717) is 18.7 Å². The number of benzene rings is 3. The summed E-state index contributed by atoms with van der Waals surface area (Å²) in [5.41, 5.74) is 2.41. The number of anilines is 2. The van der Waals surface area contributed by atoms with Crippen LogP contribution in [-0.2, 0) is 16.0 Å². The second kappa shape index (κ2) is 11.1. The molecule has 0 saturated carbocycles. The van der Waals surface area contributed by atoms with Gasteiger partial charge in [-0.1, -0.05) is 36.4 Å². The molecule has 0 saturated heterocycles. The van der Waals surface area contributed by atoms with Gasteiger partial charge in [0.05, 0.1) is 18.8 Å². The van der Waals surface area contributed by atoms with Crippen molar-refractivity contribution in [1.29, 1.82) is 0 Å². The zero-order valence-corrected chi connectivity index (χ0v) is 17.6. The molecule has 6 heteroatoms. The number of ether oxygens (including phenoxy) is 1. The van der Waals surface area contributed by atoms with Gasteiger partial charge < -0.3 is 15.4 Å². The molecule has 0 fully saturated rings. The van der Waals surface area contributed by atoms with Crippen LogP contribution >= 0.6 is 11.8 Å². The number of carbonyl (C=O) groups excluding carboxylic acids is 2. The molecule has 154 valence electrons. The second-order valence-electron chi connectivity index (χ2n) is 6.53. The first kappa shape index (κ1) is 21.5. The molecule has 0 unspecified atom stereocenters. The average molecular weight is 421 g/mol. The van der Waals surface area contributed by atoms with Gasteiger partial charge >= 0.3 is 0 Å². The molecule has 0 atom stereocenters. The number of thioether (sulfide) groups is 1. The molecule has 0 aliphatic carbocycles. The maximum atomic E-state index is 12.2. The van der Waals surface area contributed by atoms with Crippen LogP contribution in [0.25, 0.3) is 0 Å². The van der Waals surface area contributed by atoms with Crippen LogP contribution in [0, 0.1) is 0 Å². The Morgan fingerprint density at radius 2 is 1.57 bits per heavy atom. The SMILES string of the molecule is CCOc1ccc(NC(=O)CSc2cccc(NC(=O)Cc3ccccc3)c2)cc1. The van der Waals surface area contributed by atoms with Crippen molar-refractivity contribution < 1.29 is 14.3 Å². The summed E-state index contributed by atoms with van der Waals surface area (Å²) in [6, 6.07) is 24.4. The van der Waals surface area contributed by atoms with Gasteiger partial charge in [-0.15, -0.1) is 11.8 Å². The number of nitrogens with one attached hydrogen (secondary N) is 2. The van der Waals surface area contributed by atoms with Crippen LogP contribution in [0.15, 0.2) is 83.8 Å². The third kappa shape index (κ3) is 6.97. The van der Waals surface area contributed by atoms with Crippen molar-refractivity contribution in [3.05, 3.63) is 84.4 Å². The Bertz CT molecular complexity index is 975. The summed E-state index contributed by atoms with van der Waals surface area (Å²) in [5.74, 6) is 0.879. The summed E-state index contributed by atoms with van der Waals surface area (Å²) in [5, 5.41) is 5.78. The van der Waals surface area contributed by atoms with Gasteiger partial charge in [0.25, 0.3) is 0 Å². The van der Waals surface area contributed by atoms with Gasteiger partial charge in [0.1, 0.15) is 5.75 Å². The monoisotopic (exact) mass is 420 g/mol. The van der Waals surface area contributed by atoms with Crippen LogP contribution in [0.4, 0.5) is 11.4 Å². The summed E-state index contributed by atoms with van der Waals surface area (Å²) in [7, 11) is 0. The van der Waals surface area contributed by atoms with E-state index < -0.39 is 0 Å². The summed E-state index contributed by atoms with van der Waals surface area (Å²) >= 11 is 1.42. The zero-order valence-electron chi connectivity index (χ0n) is 16.8. The van der Waals surface area contributed by atoms with Crippen molar-refractivity contribution in [3.8, 4) is 5.75 Å². The quantitative estimate of drug-likeness (QED) is 0.478. The fourth-order valence-electron chi connectivity index (χ4n) is 2.80. The number of hydrogen-bond donors (Lipinski definition) is 2. The Kier molecular flexibility index (Phi) is 7.92. The fourth-order valence-corrected chi connectivity index (χ4v) is 3.55. The third-order valence-electron chi connectivity index (χ3n) is 4.14. The molecular formula is C24H24N2O3S. The van der Waals surface area contributed by atoms with E-state index in [1.807, 2.05) is 85.8 Å². The minimum Gasteiger partial charge on any atom is -0.494 e. The largest absolute Gasteiger partial charge is 0.494 e. The highest BCUT2D eigenvalue weighted by Crippen LogP contribution is 2.22. The van der Waals surface area contributed by atoms with Crippen molar-refractivity contribution in [3.63, 3.8) is 0 Å². The predicted octanol–water partition coefficient (Wildman–Crippen LogP) is 5.00. The first-order valence-electron chi connectivity index (χ1n) is 9.72. The van der Waals surface area contributed by atoms with E-state index in [-0.39, 0.29) is 17.6 Å². The lowest BCUT2D eigenvalue weighted by Crippen LogP contribution is -2.15. The Morgan fingerprint density at radius 3 is 2.30 bits per heavy atom. The van der Waals surface area contributed by atoms with Crippen molar-refractivity contribution in [2.24, 2.45) is 0 Å². The Balaban J connectivity index is 1.48. The van der Waals surface area contributed by atoms with E-state index in [9.17, 15) is 9.59 Å². The summed E-state index contributed by atoms with van der Waals surface area (Å²) in [6.07, 6.45) is 0.322. The lowest BCUT2D eigenvalue weighted by atomic mass is 10.1. The molecule has 0 heterocycles. The van der Waals surface area contributed by atoms with Gasteiger partial charge in [-0.25, -0.2) is 0 Å². The molecule has 3 aromatic carbocycles. The highest BCUT2D eigenvalue weighted by molar-refractivity contribution is 8.00. The Labute approximate surface area is 180 Å². The van der Waals surface area contributed by atoms with Crippen LogP contribution in [0.3, 0.4) is 0 Å². The minimum atomic E-state index is -0.0947. The molecule has 0 aliphatic heterocycles. The number of hydrogen-bond acceptors (Lipinski definition) is 4. The normalized spacial score (nSPS) is 10.3. The van der Waals surface area contributed by atoms with E-state index in [0.717, 1.165) is 21.9 Å². The van der Waals surface area contributed by atoms with E-state index in [2.05, 4.69) is 10.6 Å². The standard InChI is InChI=1S/C24H24N2O3S/c1-2-29-21-13-11-19(12-14-21)25-24(28)17-30-22-10-6-9-20(16-22)26-23(27)15-18-7-4-3-5-8-18/h3-14,16H,2,15,17H2,1H3,(H,25,28)(H,26,27). The van der Waals surface area contributed by atoms with Crippen LogP contribution in [0.2, 0.25) is 0 Å². The van der Waals surface area contributed by atoms with E-state index in [1.165, 1.54) is 11.8 Å². The van der Waals surface area contributed by atoms with Gasteiger partial charge in [0, 0.05) is 16.3 Å². The van der Waals surface area contributed by atoms with Crippen molar-refractivity contribution in [2.75, 3.05) is 23.0 Å². The average Bonchev–Trinajstić information content (AvgIpc) is 2.75. The van der Waals surface area contributed by atoms with Crippen LogP contribution in [-0.4, -0.2) is 24.2 Å². The van der Waals surface area contributed by atoms with Gasteiger partial charge in [0.15, 0.2) is 0 Å². The smallest absolute Gasteiger partial charge is 0.234 e. The Morgan fingerprint density at radius 1 is 0.833 bits per heavy atom. The maximum Gasteiger partial charge on any atom is 0.234 e. The first-order valence-corrected chi connectivity index (χ1v) is 10.7. The number of carbonyl (C=O) groups is 2. The van der Waals surface area contributed by atoms with Gasteiger partial charge in [-0.05, 0) is 55.0 Å². The molecule has 2 N–H and O–H groups in total. The molecule has 3 aromatic rings. The Hall–Kier alpha value is -3.25. The maximum absolute atomic E-state index is 12.2. The molecule has 30 heavy (non-hydrogen) atoms. The molecule has 0 aliphatic rings. The molecule has 5 nitrogen and oxygen atoms in total. The summed E-state index contributed by atoms with van der Waals surface area (Å²) in [6.45, 7) is 2.53.